The molecule has 2 atom stereocenters. The third-order valence-electron chi connectivity index (χ3n) is 4.62. The first-order valence-electron chi connectivity index (χ1n) is 8.48. The molecule has 26 heavy (non-hydrogen) atoms. The minimum Gasteiger partial charge on any atom is -0.394 e. The Balaban J connectivity index is 1.80. The lowest BCUT2D eigenvalue weighted by molar-refractivity contribution is -0.125. The van der Waals surface area contributed by atoms with Crippen molar-refractivity contribution in [1.29, 1.82) is 0 Å². The van der Waals surface area contributed by atoms with Gasteiger partial charge < -0.3 is 5.11 Å². The first kappa shape index (κ1) is 18.5. The van der Waals surface area contributed by atoms with Crippen molar-refractivity contribution in [3.8, 4) is 0 Å². The van der Waals surface area contributed by atoms with Crippen LogP contribution in [0.5, 0.6) is 0 Å². The van der Waals surface area contributed by atoms with Crippen LogP contribution in [0.4, 0.5) is 4.79 Å². The SMILES string of the molecule is CC1(CSCc2ccccc2)C(=O)NC(=O)N1[C@@H](CO)c1ccccc1. The normalized spacial score (nSPS) is 20.9. The number of hydrogen-bond donors (Lipinski definition) is 2. The molecule has 136 valence electrons. The molecule has 0 spiro atoms. The molecule has 2 N–H and O–H groups in total. The van der Waals surface area contributed by atoms with Gasteiger partial charge in [0, 0.05) is 11.5 Å². The predicted molar refractivity (Wildman–Crippen MR) is 103 cm³/mol. The van der Waals surface area contributed by atoms with Gasteiger partial charge in [-0.25, -0.2) is 4.79 Å². The number of nitrogens with zero attached hydrogens (tertiary/aromatic N) is 1. The zero-order chi connectivity index (χ0) is 18.6. The van der Waals surface area contributed by atoms with Gasteiger partial charge in [-0.2, -0.15) is 11.8 Å². The molecule has 1 heterocycles. The average molecular weight is 370 g/mol. The molecule has 6 heteroatoms. The van der Waals surface area contributed by atoms with E-state index >= 15 is 0 Å². The highest BCUT2D eigenvalue weighted by Gasteiger charge is 2.52. The molecule has 3 rings (SSSR count). The molecule has 1 fully saturated rings. The largest absolute Gasteiger partial charge is 0.394 e. The van der Waals surface area contributed by atoms with E-state index < -0.39 is 17.6 Å². The Kier molecular flexibility index (Phi) is 5.64. The Morgan fingerprint density at radius 2 is 1.69 bits per heavy atom. The summed E-state index contributed by atoms with van der Waals surface area (Å²) < 4.78 is 0. The number of carbonyl (C=O) groups is 2. The number of rotatable bonds is 7. The van der Waals surface area contributed by atoms with Crippen molar-refractivity contribution in [1.82, 2.24) is 10.2 Å². The van der Waals surface area contributed by atoms with E-state index in [4.69, 9.17) is 0 Å². The molecule has 2 aromatic rings. The highest BCUT2D eigenvalue weighted by Crippen LogP contribution is 2.35. The van der Waals surface area contributed by atoms with E-state index in [9.17, 15) is 14.7 Å². The second-order valence-corrected chi connectivity index (χ2v) is 7.48. The fraction of sp³-hybridized carbons (Fsp3) is 0.300. The molecule has 0 radical (unpaired) electrons. The summed E-state index contributed by atoms with van der Waals surface area (Å²) in [6.45, 7) is 1.51. The summed E-state index contributed by atoms with van der Waals surface area (Å²) in [6.07, 6.45) is 0. The number of aliphatic hydroxyl groups excluding tert-OH is 1. The molecule has 2 aromatic carbocycles. The van der Waals surface area contributed by atoms with Gasteiger partial charge in [-0.1, -0.05) is 60.7 Å². The van der Waals surface area contributed by atoms with Crippen LogP contribution in [-0.2, 0) is 10.5 Å². The zero-order valence-corrected chi connectivity index (χ0v) is 15.4. The lowest BCUT2D eigenvalue weighted by Crippen LogP contribution is -2.51. The molecule has 1 aliphatic rings. The van der Waals surface area contributed by atoms with Crippen molar-refractivity contribution in [3.05, 3.63) is 71.8 Å². The quantitative estimate of drug-likeness (QED) is 0.735. The van der Waals surface area contributed by atoms with Crippen LogP contribution in [0.25, 0.3) is 0 Å². The van der Waals surface area contributed by atoms with E-state index in [1.807, 2.05) is 60.7 Å². The van der Waals surface area contributed by atoms with E-state index in [0.717, 1.165) is 11.3 Å². The molecular weight excluding hydrogens is 348 g/mol. The van der Waals surface area contributed by atoms with E-state index in [-0.39, 0.29) is 12.5 Å². The standard InChI is InChI=1S/C20H22N2O3S/c1-20(14-26-13-15-8-4-2-5-9-15)18(24)21-19(25)22(20)17(12-23)16-10-6-3-7-11-16/h2-11,17,23H,12-14H2,1H3,(H,21,24,25)/t17-,20?/m0/s1. The Bertz CT molecular complexity index is 769. The second kappa shape index (κ2) is 7.93. The van der Waals surface area contributed by atoms with Crippen LogP contribution in [-0.4, -0.2) is 39.8 Å². The molecular formula is C20H22N2O3S. The second-order valence-electron chi connectivity index (χ2n) is 6.49. The number of carbonyl (C=O) groups excluding carboxylic acids is 2. The number of aliphatic hydroxyl groups is 1. The third kappa shape index (κ3) is 3.61. The first-order valence-corrected chi connectivity index (χ1v) is 9.64. The monoisotopic (exact) mass is 370 g/mol. The summed E-state index contributed by atoms with van der Waals surface area (Å²) in [4.78, 5) is 26.5. The minimum atomic E-state index is -1.01. The maximum Gasteiger partial charge on any atom is 0.325 e. The predicted octanol–water partition coefficient (Wildman–Crippen LogP) is 2.96. The van der Waals surface area contributed by atoms with Gasteiger partial charge in [-0.3, -0.25) is 15.0 Å². The molecule has 0 saturated carbocycles. The average Bonchev–Trinajstić information content (AvgIpc) is 2.88. The van der Waals surface area contributed by atoms with E-state index in [2.05, 4.69) is 5.32 Å². The van der Waals surface area contributed by atoms with E-state index in [1.54, 1.807) is 18.7 Å². The number of imide groups is 1. The molecule has 1 saturated heterocycles. The number of urea groups is 1. The van der Waals surface area contributed by atoms with Crippen LogP contribution in [0, 0.1) is 0 Å². The minimum absolute atomic E-state index is 0.246. The summed E-state index contributed by atoms with van der Waals surface area (Å²) in [5, 5.41) is 12.4. The third-order valence-corrected chi connectivity index (χ3v) is 5.93. The van der Waals surface area contributed by atoms with Crippen LogP contribution < -0.4 is 5.32 Å². The molecule has 0 aromatic heterocycles. The van der Waals surface area contributed by atoms with Gasteiger partial charge in [0.05, 0.1) is 12.6 Å². The summed E-state index contributed by atoms with van der Waals surface area (Å²) in [5.74, 6) is 0.876. The van der Waals surface area contributed by atoms with Crippen LogP contribution in [0.15, 0.2) is 60.7 Å². The van der Waals surface area contributed by atoms with E-state index in [0.29, 0.717) is 5.75 Å². The highest BCUT2D eigenvalue weighted by atomic mass is 32.2. The van der Waals surface area contributed by atoms with E-state index in [1.165, 1.54) is 10.5 Å². The van der Waals surface area contributed by atoms with Crippen LogP contribution >= 0.6 is 11.8 Å². The Labute approximate surface area is 157 Å². The lowest BCUT2D eigenvalue weighted by Gasteiger charge is -2.37. The number of hydrogen-bond acceptors (Lipinski definition) is 4. The van der Waals surface area contributed by atoms with Gasteiger partial charge in [-0.05, 0) is 18.1 Å². The molecule has 0 aliphatic carbocycles. The molecule has 1 unspecified atom stereocenters. The fourth-order valence-electron chi connectivity index (χ4n) is 3.20. The van der Waals surface area contributed by atoms with Gasteiger partial charge in [0.2, 0.25) is 0 Å². The maximum absolute atomic E-state index is 12.5. The first-order chi connectivity index (χ1) is 12.6. The van der Waals surface area contributed by atoms with Crippen LogP contribution in [0.1, 0.15) is 24.1 Å². The van der Waals surface area contributed by atoms with Gasteiger partial charge >= 0.3 is 6.03 Å². The maximum atomic E-state index is 12.5. The van der Waals surface area contributed by atoms with Gasteiger partial charge in [0.25, 0.3) is 5.91 Å². The Hall–Kier alpha value is -2.31. The smallest absolute Gasteiger partial charge is 0.325 e. The van der Waals surface area contributed by atoms with Gasteiger partial charge in [0.1, 0.15) is 5.54 Å². The number of nitrogens with one attached hydrogen (secondary N) is 1. The summed E-state index contributed by atoms with van der Waals surface area (Å²) in [6, 6.07) is 18.3. The Morgan fingerprint density at radius 3 is 2.31 bits per heavy atom. The fourth-order valence-corrected chi connectivity index (χ4v) is 4.40. The van der Waals surface area contributed by atoms with Crippen molar-refractivity contribution >= 4 is 23.7 Å². The van der Waals surface area contributed by atoms with Crippen molar-refractivity contribution in [2.24, 2.45) is 0 Å². The van der Waals surface area contributed by atoms with Crippen molar-refractivity contribution < 1.29 is 14.7 Å². The summed E-state index contributed by atoms with van der Waals surface area (Å²) in [7, 11) is 0. The van der Waals surface area contributed by atoms with Crippen molar-refractivity contribution in [2.45, 2.75) is 24.3 Å². The highest BCUT2D eigenvalue weighted by molar-refractivity contribution is 7.98. The number of amides is 3. The molecule has 1 aliphatic heterocycles. The molecule has 5 nitrogen and oxygen atoms in total. The van der Waals surface area contributed by atoms with Crippen LogP contribution in [0.3, 0.4) is 0 Å². The van der Waals surface area contributed by atoms with Crippen LogP contribution in [0.2, 0.25) is 0 Å². The number of thioether (sulfide) groups is 1. The summed E-state index contributed by atoms with van der Waals surface area (Å²) in [5.41, 5.74) is 0.957. The van der Waals surface area contributed by atoms with Crippen molar-refractivity contribution in [3.63, 3.8) is 0 Å². The Morgan fingerprint density at radius 1 is 1.08 bits per heavy atom. The number of benzene rings is 2. The topological polar surface area (TPSA) is 69.6 Å². The summed E-state index contributed by atoms with van der Waals surface area (Å²) >= 11 is 1.60. The van der Waals surface area contributed by atoms with Crippen molar-refractivity contribution in [2.75, 3.05) is 12.4 Å². The molecule has 0 bridgehead atoms. The lowest BCUT2D eigenvalue weighted by atomic mass is 9.98. The van der Waals surface area contributed by atoms with Gasteiger partial charge in [-0.15, -0.1) is 0 Å². The zero-order valence-electron chi connectivity index (χ0n) is 14.6. The van der Waals surface area contributed by atoms with Gasteiger partial charge in [0.15, 0.2) is 0 Å². The molecule has 3 amide bonds.